The lowest BCUT2D eigenvalue weighted by molar-refractivity contribution is 0.432. The standard InChI is InChI=1S/C15H18N2O2S/c18-20(19,17-11-4-9-16-10-12-17)15-8-3-6-13-5-1-2-7-14(13)15/h1-3,5-8,16H,4,9-12H2. The van der Waals surface area contributed by atoms with Gasteiger partial charge in [-0.1, -0.05) is 36.4 Å². The highest BCUT2D eigenvalue weighted by Crippen LogP contribution is 2.25. The monoisotopic (exact) mass is 290 g/mol. The Bertz CT molecular complexity index is 699. The van der Waals surface area contributed by atoms with E-state index < -0.39 is 10.0 Å². The molecule has 0 bridgehead atoms. The third-order valence-corrected chi connectivity index (χ3v) is 5.62. The van der Waals surface area contributed by atoms with Crippen LogP contribution in [0.15, 0.2) is 47.4 Å². The normalized spacial score (nSPS) is 18.0. The van der Waals surface area contributed by atoms with Gasteiger partial charge in [-0.15, -0.1) is 0 Å². The maximum absolute atomic E-state index is 12.9. The Labute approximate surface area is 119 Å². The van der Waals surface area contributed by atoms with Gasteiger partial charge in [0.05, 0.1) is 4.90 Å². The number of hydrogen-bond donors (Lipinski definition) is 1. The molecule has 0 aliphatic carbocycles. The van der Waals surface area contributed by atoms with Gasteiger partial charge in [0.15, 0.2) is 0 Å². The van der Waals surface area contributed by atoms with E-state index in [1.165, 1.54) is 0 Å². The fourth-order valence-corrected chi connectivity index (χ4v) is 4.31. The van der Waals surface area contributed by atoms with Gasteiger partial charge < -0.3 is 5.32 Å². The summed E-state index contributed by atoms with van der Waals surface area (Å²) >= 11 is 0. The van der Waals surface area contributed by atoms with Crippen LogP contribution in [0.3, 0.4) is 0 Å². The summed E-state index contributed by atoms with van der Waals surface area (Å²) in [6, 6.07) is 13.1. The molecule has 0 unspecified atom stereocenters. The minimum atomic E-state index is -3.42. The van der Waals surface area contributed by atoms with Gasteiger partial charge in [0.2, 0.25) is 10.0 Å². The first-order valence-electron chi connectivity index (χ1n) is 6.88. The third kappa shape index (κ3) is 2.44. The van der Waals surface area contributed by atoms with E-state index in [-0.39, 0.29) is 0 Å². The molecule has 4 nitrogen and oxygen atoms in total. The van der Waals surface area contributed by atoms with Crippen molar-refractivity contribution in [3.8, 4) is 0 Å². The average Bonchev–Trinajstić information content (AvgIpc) is 2.76. The van der Waals surface area contributed by atoms with Gasteiger partial charge in [0, 0.05) is 25.0 Å². The summed E-state index contributed by atoms with van der Waals surface area (Å²) in [5.74, 6) is 0. The van der Waals surface area contributed by atoms with Gasteiger partial charge in [-0.3, -0.25) is 0 Å². The Kier molecular flexibility index (Phi) is 3.74. The molecule has 1 heterocycles. The van der Waals surface area contributed by atoms with E-state index in [0.717, 1.165) is 23.7 Å². The number of rotatable bonds is 2. The van der Waals surface area contributed by atoms with Crippen molar-refractivity contribution in [3.05, 3.63) is 42.5 Å². The first-order valence-corrected chi connectivity index (χ1v) is 8.32. The molecule has 2 aromatic carbocycles. The van der Waals surface area contributed by atoms with Crippen LogP contribution in [0, 0.1) is 0 Å². The molecule has 1 aliphatic rings. The molecular weight excluding hydrogens is 272 g/mol. The van der Waals surface area contributed by atoms with Crippen LogP contribution in [0.5, 0.6) is 0 Å². The van der Waals surface area contributed by atoms with Crippen LogP contribution in [0.25, 0.3) is 10.8 Å². The minimum absolute atomic E-state index is 0.414. The molecule has 1 N–H and O–H groups in total. The molecule has 106 valence electrons. The van der Waals surface area contributed by atoms with Crippen molar-refractivity contribution in [1.82, 2.24) is 9.62 Å². The molecule has 0 amide bonds. The van der Waals surface area contributed by atoms with Crippen molar-refractivity contribution >= 4 is 20.8 Å². The highest BCUT2D eigenvalue weighted by Gasteiger charge is 2.26. The summed E-state index contributed by atoms with van der Waals surface area (Å²) in [6.45, 7) is 2.70. The van der Waals surface area contributed by atoms with Crippen LogP contribution in [0.1, 0.15) is 6.42 Å². The SMILES string of the molecule is O=S(=O)(c1cccc2ccccc12)N1CCCNCC1. The first kappa shape index (κ1) is 13.5. The Hall–Kier alpha value is -1.43. The summed E-state index contributed by atoms with van der Waals surface area (Å²) < 4.78 is 27.3. The van der Waals surface area contributed by atoms with E-state index in [1.54, 1.807) is 10.4 Å². The van der Waals surface area contributed by atoms with Gasteiger partial charge in [-0.05, 0) is 24.4 Å². The van der Waals surface area contributed by atoms with E-state index in [1.807, 2.05) is 36.4 Å². The van der Waals surface area contributed by atoms with Gasteiger partial charge in [0.25, 0.3) is 0 Å². The summed E-state index contributed by atoms with van der Waals surface area (Å²) in [6.07, 6.45) is 0.851. The van der Waals surface area contributed by atoms with E-state index >= 15 is 0 Å². The first-order chi connectivity index (χ1) is 9.69. The molecule has 0 radical (unpaired) electrons. The second-order valence-corrected chi connectivity index (χ2v) is 6.89. The van der Waals surface area contributed by atoms with Crippen LogP contribution in [-0.4, -0.2) is 38.9 Å². The molecule has 0 atom stereocenters. The van der Waals surface area contributed by atoms with E-state index in [0.29, 0.717) is 24.5 Å². The van der Waals surface area contributed by atoms with Gasteiger partial charge in [-0.25, -0.2) is 8.42 Å². The van der Waals surface area contributed by atoms with E-state index in [4.69, 9.17) is 0 Å². The summed E-state index contributed by atoms with van der Waals surface area (Å²) in [4.78, 5) is 0.414. The number of sulfonamides is 1. The summed E-state index contributed by atoms with van der Waals surface area (Å²) in [5.41, 5.74) is 0. The second kappa shape index (κ2) is 5.52. The van der Waals surface area contributed by atoms with Crippen molar-refractivity contribution in [2.75, 3.05) is 26.2 Å². The highest BCUT2D eigenvalue weighted by atomic mass is 32.2. The third-order valence-electron chi connectivity index (χ3n) is 3.67. The average molecular weight is 290 g/mol. The fourth-order valence-electron chi connectivity index (χ4n) is 2.62. The highest BCUT2D eigenvalue weighted by molar-refractivity contribution is 7.89. The van der Waals surface area contributed by atoms with Gasteiger partial charge >= 0.3 is 0 Å². The number of nitrogens with zero attached hydrogens (tertiary/aromatic N) is 1. The number of nitrogens with one attached hydrogen (secondary N) is 1. The minimum Gasteiger partial charge on any atom is -0.315 e. The van der Waals surface area contributed by atoms with Crippen molar-refractivity contribution in [2.45, 2.75) is 11.3 Å². The molecule has 2 aromatic rings. The zero-order valence-corrected chi connectivity index (χ0v) is 12.1. The predicted molar refractivity (Wildman–Crippen MR) is 80.2 cm³/mol. The van der Waals surface area contributed by atoms with E-state index in [2.05, 4.69) is 5.32 Å². The van der Waals surface area contributed by atoms with Crippen molar-refractivity contribution in [3.63, 3.8) is 0 Å². The second-order valence-electron chi connectivity index (χ2n) is 4.98. The molecule has 0 saturated carbocycles. The maximum Gasteiger partial charge on any atom is 0.243 e. The Morgan fingerprint density at radius 3 is 2.65 bits per heavy atom. The quantitative estimate of drug-likeness (QED) is 0.918. The van der Waals surface area contributed by atoms with E-state index in [9.17, 15) is 8.42 Å². The van der Waals surface area contributed by atoms with Gasteiger partial charge in [-0.2, -0.15) is 4.31 Å². The lowest BCUT2D eigenvalue weighted by Gasteiger charge is -2.20. The van der Waals surface area contributed by atoms with Crippen LogP contribution in [0.2, 0.25) is 0 Å². The molecule has 1 saturated heterocycles. The molecule has 0 aromatic heterocycles. The maximum atomic E-state index is 12.9. The largest absolute Gasteiger partial charge is 0.315 e. The van der Waals surface area contributed by atoms with Crippen molar-refractivity contribution in [2.24, 2.45) is 0 Å². The van der Waals surface area contributed by atoms with Crippen LogP contribution < -0.4 is 5.32 Å². The topological polar surface area (TPSA) is 49.4 Å². The zero-order chi connectivity index (χ0) is 14.0. The smallest absolute Gasteiger partial charge is 0.243 e. The molecule has 3 rings (SSSR count). The van der Waals surface area contributed by atoms with Crippen molar-refractivity contribution in [1.29, 1.82) is 0 Å². The van der Waals surface area contributed by atoms with Gasteiger partial charge in [0.1, 0.15) is 0 Å². The number of fused-ring (bicyclic) bond motifs is 1. The molecule has 0 spiro atoms. The lowest BCUT2D eigenvalue weighted by atomic mass is 10.1. The number of hydrogen-bond acceptors (Lipinski definition) is 3. The molecule has 1 fully saturated rings. The Morgan fingerprint density at radius 2 is 1.75 bits per heavy atom. The molecule has 20 heavy (non-hydrogen) atoms. The zero-order valence-electron chi connectivity index (χ0n) is 11.2. The Morgan fingerprint density at radius 1 is 0.950 bits per heavy atom. The lowest BCUT2D eigenvalue weighted by Crippen LogP contribution is -2.34. The van der Waals surface area contributed by atoms with Crippen LogP contribution in [-0.2, 0) is 10.0 Å². The van der Waals surface area contributed by atoms with Crippen LogP contribution in [0.4, 0.5) is 0 Å². The fraction of sp³-hybridized carbons (Fsp3) is 0.333. The van der Waals surface area contributed by atoms with Crippen molar-refractivity contribution < 1.29 is 8.42 Å². The molecule has 1 aliphatic heterocycles. The number of benzene rings is 2. The summed E-state index contributed by atoms with van der Waals surface area (Å²) in [7, 11) is -3.42. The summed E-state index contributed by atoms with van der Waals surface area (Å²) in [5, 5.41) is 4.99. The Balaban J connectivity index is 2.09. The molecule has 5 heteroatoms. The van der Waals surface area contributed by atoms with Crippen LogP contribution >= 0.6 is 0 Å². The molecular formula is C15H18N2O2S. The predicted octanol–water partition coefficient (Wildman–Crippen LogP) is 1.82.